The molecule has 0 amide bonds. The number of hydrogen-bond acceptors (Lipinski definition) is 4. The van der Waals surface area contributed by atoms with Crippen molar-refractivity contribution in [2.45, 2.75) is 19.1 Å². The molecule has 1 fully saturated rings. The minimum Gasteiger partial charge on any atom is -0.354 e. The van der Waals surface area contributed by atoms with E-state index in [0.717, 1.165) is 30.2 Å². The van der Waals surface area contributed by atoms with Gasteiger partial charge >= 0.3 is 0 Å². The normalized spacial score (nSPS) is 21.8. The molecule has 1 aliphatic heterocycles. The maximum atomic E-state index is 5.99. The van der Waals surface area contributed by atoms with Gasteiger partial charge in [0.2, 0.25) is 0 Å². The Hall–Kier alpha value is -0.480. The first-order valence-electron chi connectivity index (χ1n) is 5.02. The number of aromatic nitrogens is 2. The molecule has 1 unspecified atom stereocenters. The zero-order valence-electron chi connectivity index (χ0n) is 8.90. The van der Waals surface area contributed by atoms with Crippen molar-refractivity contribution < 1.29 is 0 Å². The van der Waals surface area contributed by atoms with Crippen LogP contribution in [0.2, 0.25) is 5.15 Å². The van der Waals surface area contributed by atoms with Crippen molar-refractivity contribution in [3.63, 3.8) is 0 Å². The molecule has 1 aliphatic rings. The molecule has 5 heteroatoms. The lowest BCUT2D eigenvalue weighted by atomic mass is 10.3. The van der Waals surface area contributed by atoms with Crippen LogP contribution in [0.15, 0.2) is 6.33 Å². The monoisotopic (exact) mass is 243 g/mol. The van der Waals surface area contributed by atoms with E-state index in [0.29, 0.717) is 10.4 Å². The van der Waals surface area contributed by atoms with Gasteiger partial charge in [-0.1, -0.05) is 18.5 Å². The average Bonchev–Trinajstić information content (AvgIpc) is 2.22. The minimum atomic E-state index is 0.561. The Balaban J connectivity index is 2.24. The van der Waals surface area contributed by atoms with Gasteiger partial charge in [0.1, 0.15) is 17.3 Å². The Morgan fingerprint density at radius 3 is 3.07 bits per heavy atom. The lowest BCUT2D eigenvalue weighted by Crippen LogP contribution is -2.37. The fraction of sp³-hybridized carbons (Fsp3) is 0.600. The van der Waals surface area contributed by atoms with Crippen LogP contribution in [0.5, 0.6) is 0 Å². The van der Waals surface area contributed by atoms with E-state index in [2.05, 4.69) is 21.8 Å². The van der Waals surface area contributed by atoms with E-state index >= 15 is 0 Å². The lowest BCUT2D eigenvalue weighted by molar-refractivity contribution is 0.764. The van der Waals surface area contributed by atoms with Crippen LogP contribution in [0.25, 0.3) is 0 Å². The van der Waals surface area contributed by atoms with Crippen LogP contribution in [-0.4, -0.2) is 34.1 Å². The van der Waals surface area contributed by atoms with Crippen molar-refractivity contribution >= 4 is 29.2 Å². The zero-order chi connectivity index (χ0) is 10.8. The first-order chi connectivity index (χ1) is 7.18. The van der Waals surface area contributed by atoms with E-state index in [1.807, 2.05) is 18.7 Å². The topological polar surface area (TPSA) is 29.0 Å². The van der Waals surface area contributed by atoms with Crippen molar-refractivity contribution in [3.05, 3.63) is 17.0 Å². The Morgan fingerprint density at radius 2 is 2.33 bits per heavy atom. The highest BCUT2D eigenvalue weighted by molar-refractivity contribution is 8.00. The Bertz CT molecular complexity index is 359. The molecule has 0 saturated carbocycles. The van der Waals surface area contributed by atoms with E-state index in [9.17, 15) is 0 Å². The van der Waals surface area contributed by atoms with Crippen LogP contribution < -0.4 is 4.90 Å². The van der Waals surface area contributed by atoms with Crippen LogP contribution in [0.4, 0.5) is 5.82 Å². The predicted molar refractivity (Wildman–Crippen MR) is 65.9 cm³/mol. The standard InChI is InChI=1S/C10H14ClN3S/c1-7-5-14(3-4-15-7)10-8(2)9(11)12-6-13-10/h6-7H,3-5H2,1-2H3. The molecule has 82 valence electrons. The third-order valence-corrected chi connectivity index (χ3v) is 4.05. The van der Waals surface area contributed by atoms with Gasteiger partial charge in [-0.15, -0.1) is 0 Å². The van der Waals surface area contributed by atoms with Gasteiger partial charge in [0.05, 0.1) is 0 Å². The Labute approximate surface area is 99.2 Å². The van der Waals surface area contributed by atoms with E-state index < -0.39 is 0 Å². The van der Waals surface area contributed by atoms with Crippen molar-refractivity contribution in [2.24, 2.45) is 0 Å². The van der Waals surface area contributed by atoms with Gasteiger partial charge in [0, 0.05) is 29.7 Å². The largest absolute Gasteiger partial charge is 0.354 e. The third kappa shape index (κ3) is 2.37. The molecule has 2 rings (SSSR count). The van der Waals surface area contributed by atoms with Crippen LogP contribution >= 0.6 is 23.4 Å². The second-order valence-corrected chi connectivity index (χ2v) is 5.64. The molecule has 1 aromatic heterocycles. The molecule has 0 N–H and O–H groups in total. The number of hydrogen-bond donors (Lipinski definition) is 0. The summed E-state index contributed by atoms with van der Waals surface area (Å²) in [6, 6.07) is 0. The highest BCUT2D eigenvalue weighted by Gasteiger charge is 2.20. The second-order valence-electron chi connectivity index (χ2n) is 3.74. The van der Waals surface area contributed by atoms with Crippen molar-refractivity contribution in [2.75, 3.05) is 23.7 Å². The summed E-state index contributed by atoms with van der Waals surface area (Å²) in [7, 11) is 0. The highest BCUT2D eigenvalue weighted by Crippen LogP contribution is 2.26. The fourth-order valence-corrected chi connectivity index (χ4v) is 2.89. The molecule has 0 aliphatic carbocycles. The molecular formula is C10H14ClN3S. The number of thioether (sulfide) groups is 1. The molecular weight excluding hydrogens is 230 g/mol. The van der Waals surface area contributed by atoms with Crippen LogP contribution in [0, 0.1) is 6.92 Å². The molecule has 1 atom stereocenters. The third-order valence-electron chi connectivity index (χ3n) is 2.54. The smallest absolute Gasteiger partial charge is 0.137 e. The molecule has 3 nitrogen and oxygen atoms in total. The van der Waals surface area contributed by atoms with E-state index in [4.69, 9.17) is 11.6 Å². The van der Waals surface area contributed by atoms with E-state index in [1.165, 1.54) is 6.33 Å². The first kappa shape index (κ1) is 11.0. The molecule has 2 heterocycles. The number of halogens is 1. The van der Waals surface area contributed by atoms with Crippen LogP contribution in [-0.2, 0) is 0 Å². The van der Waals surface area contributed by atoms with Gasteiger partial charge in [-0.3, -0.25) is 0 Å². The van der Waals surface area contributed by atoms with Gasteiger partial charge in [-0.05, 0) is 6.92 Å². The van der Waals surface area contributed by atoms with Gasteiger partial charge in [0.15, 0.2) is 0 Å². The van der Waals surface area contributed by atoms with Gasteiger partial charge in [-0.25, -0.2) is 9.97 Å². The van der Waals surface area contributed by atoms with Crippen LogP contribution in [0.3, 0.4) is 0 Å². The van der Waals surface area contributed by atoms with E-state index in [-0.39, 0.29) is 0 Å². The molecule has 1 aromatic rings. The maximum absolute atomic E-state index is 5.99. The summed E-state index contributed by atoms with van der Waals surface area (Å²) in [5.41, 5.74) is 0.985. The number of rotatable bonds is 1. The van der Waals surface area contributed by atoms with Gasteiger partial charge < -0.3 is 4.90 Å². The SMILES string of the molecule is Cc1c(Cl)ncnc1N1CCSC(C)C1. The Morgan fingerprint density at radius 1 is 1.53 bits per heavy atom. The summed E-state index contributed by atoms with van der Waals surface area (Å²) < 4.78 is 0. The first-order valence-corrected chi connectivity index (χ1v) is 6.45. The predicted octanol–water partition coefficient (Wildman–Crippen LogP) is 2.38. The maximum Gasteiger partial charge on any atom is 0.137 e. The summed E-state index contributed by atoms with van der Waals surface area (Å²) in [6.45, 7) is 6.31. The molecule has 0 spiro atoms. The summed E-state index contributed by atoms with van der Waals surface area (Å²) in [5.74, 6) is 2.14. The lowest BCUT2D eigenvalue weighted by Gasteiger charge is -2.32. The van der Waals surface area contributed by atoms with Gasteiger partial charge in [0.25, 0.3) is 0 Å². The molecule has 15 heavy (non-hydrogen) atoms. The minimum absolute atomic E-state index is 0.561. The summed E-state index contributed by atoms with van der Waals surface area (Å²) in [5, 5.41) is 1.22. The molecule has 0 aromatic carbocycles. The second kappa shape index (κ2) is 4.58. The Kier molecular flexibility index (Phi) is 3.36. The summed E-state index contributed by atoms with van der Waals surface area (Å²) in [6.07, 6.45) is 1.54. The summed E-state index contributed by atoms with van der Waals surface area (Å²) >= 11 is 7.99. The summed E-state index contributed by atoms with van der Waals surface area (Å²) in [4.78, 5) is 10.6. The highest BCUT2D eigenvalue weighted by atomic mass is 35.5. The van der Waals surface area contributed by atoms with Crippen LogP contribution in [0.1, 0.15) is 12.5 Å². The molecule has 0 bridgehead atoms. The fourth-order valence-electron chi connectivity index (χ4n) is 1.75. The number of nitrogens with zero attached hydrogens (tertiary/aromatic N) is 3. The zero-order valence-corrected chi connectivity index (χ0v) is 10.5. The van der Waals surface area contributed by atoms with Crippen molar-refractivity contribution in [1.29, 1.82) is 0 Å². The van der Waals surface area contributed by atoms with Gasteiger partial charge in [-0.2, -0.15) is 11.8 Å². The average molecular weight is 244 g/mol. The van der Waals surface area contributed by atoms with Crippen molar-refractivity contribution in [1.82, 2.24) is 9.97 Å². The molecule has 1 saturated heterocycles. The van der Waals surface area contributed by atoms with Crippen molar-refractivity contribution in [3.8, 4) is 0 Å². The molecule has 0 radical (unpaired) electrons. The van der Waals surface area contributed by atoms with E-state index in [1.54, 1.807) is 0 Å². The quantitative estimate of drug-likeness (QED) is 0.709. The number of anilines is 1.